The van der Waals surface area contributed by atoms with Crippen LogP contribution in [0.1, 0.15) is 21.9 Å². The molecule has 0 bridgehead atoms. The third kappa shape index (κ3) is 5.39. The molecule has 2 unspecified atom stereocenters. The standard InChI is InChI=1S/C30H21ClF3N3O5S2/c1-42-20-11-5-15(6-12-20)22-23-24(27(40)37(26(23)39)19-4-2-3-16(13-19)30(32,33)34)43-28-25(22)44-29(41)36(28)14-21(38)35-18-9-7-17(31)8-10-18/h2-13,22-24H,14H2,1H3,(H,35,38)/t22-,23?,24?/m0/s1. The van der Waals surface area contributed by atoms with E-state index in [1.54, 1.807) is 48.5 Å². The monoisotopic (exact) mass is 659 g/mol. The van der Waals surface area contributed by atoms with Crippen LogP contribution < -0.4 is 19.8 Å². The zero-order valence-corrected chi connectivity index (χ0v) is 25.0. The highest BCUT2D eigenvalue weighted by atomic mass is 35.5. The number of aromatic nitrogens is 1. The Balaban J connectivity index is 1.41. The first-order valence-corrected chi connectivity index (χ1v) is 15.2. The number of thiazole rings is 1. The first kappa shape index (κ1) is 30.0. The van der Waals surface area contributed by atoms with E-state index in [9.17, 15) is 32.3 Å². The number of amides is 3. The maximum absolute atomic E-state index is 14.0. The summed E-state index contributed by atoms with van der Waals surface area (Å²) in [5.41, 5.74) is -0.118. The summed E-state index contributed by atoms with van der Waals surface area (Å²) in [5, 5.41) is 2.48. The van der Waals surface area contributed by atoms with Gasteiger partial charge in [0, 0.05) is 21.5 Å². The summed E-state index contributed by atoms with van der Waals surface area (Å²) in [4.78, 5) is 54.8. The molecule has 1 saturated heterocycles. The van der Waals surface area contributed by atoms with Crippen molar-refractivity contribution in [1.29, 1.82) is 0 Å². The van der Waals surface area contributed by atoms with Gasteiger partial charge in [0.2, 0.25) is 17.7 Å². The van der Waals surface area contributed by atoms with E-state index >= 15 is 0 Å². The maximum Gasteiger partial charge on any atom is 0.416 e. The minimum absolute atomic E-state index is 0.193. The number of carbonyl (C=O) groups is 3. The summed E-state index contributed by atoms with van der Waals surface area (Å²) in [6, 6.07) is 17.3. The number of methoxy groups -OCH3 is 1. The van der Waals surface area contributed by atoms with Gasteiger partial charge in [-0.2, -0.15) is 13.2 Å². The molecule has 0 saturated carbocycles. The number of nitrogens with zero attached hydrogens (tertiary/aromatic N) is 2. The van der Waals surface area contributed by atoms with E-state index < -0.39 is 51.4 Å². The van der Waals surface area contributed by atoms with Crippen molar-refractivity contribution in [1.82, 2.24) is 4.57 Å². The lowest BCUT2D eigenvalue weighted by Gasteiger charge is -2.30. The molecule has 0 spiro atoms. The highest BCUT2D eigenvalue weighted by molar-refractivity contribution is 8.00. The molecule has 8 nitrogen and oxygen atoms in total. The molecule has 1 N–H and O–H groups in total. The van der Waals surface area contributed by atoms with E-state index in [1.807, 2.05) is 0 Å². The van der Waals surface area contributed by atoms with Crippen molar-refractivity contribution >= 4 is 63.8 Å². The molecule has 226 valence electrons. The summed E-state index contributed by atoms with van der Waals surface area (Å²) in [5.74, 6) is -3.14. The lowest BCUT2D eigenvalue weighted by molar-refractivity contribution is -0.137. The number of carbonyl (C=O) groups excluding carboxylic acids is 3. The van der Waals surface area contributed by atoms with Crippen molar-refractivity contribution in [3.63, 3.8) is 0 Å². The number of hydrogen-bond acceptors (Lipinski definition) is 7. The fraction of sp³-hybridized carbons (Fsp3) is 0.200. The van der Waals surface area contributed by atoms with Crippen LogP contribution >= 0.6 is 34.7 Å². The molecule has 14 heteroatoms. The normalized spacial score (nSPS) is 19.5. The number of nitrogens with one attached hydrogen (secondary N) is 1. The minimum Gasteiger partial charge on any atom is -0.497 e. The molecule has 3 aromatic carbocycles. The van der Waals surface area contributed by atoms with Crippen LogP contribution in [0.5, 0.6) is 5.75 Å². The van der Waals surface area contributed by atoms with Crippen molar-refractivity contribution in [3.8, 4) is 5.75 Å². The van der Waals surface area contributed by atoms with Crippen LogP contribution in [0.3, 0.4) is 0 Å². The molecule has 0 radical (unpaired) electrons. The van der Waals surface area contributed by atoms with Crippen LogP contribution in [0.2, 0.25) is 5.02 Å². The van der Waals surface area contributed by atoms with Gasteiger partial charge in [-0.15, -0.1) is 0 Å². The highest BCUT2D eigenvalue weighted by Crippen LogP contribution is 2.54. The maximum atomic E-state index is 14.0. The molecule has 2 aliphatic rings. The lowest BCUT2D eigenvalue weighted by Crippen LogP contribution is -2.33. The number of halogens is 4. The number of anilines is 2. The van der Waals surface area contributed by atoms with Crippen LogP contribution in [0.4, 0.5) is 24.5 Å². The third-order valence-electron chi connectivity index (χ3n) is 7.39. The summed E-state index contributed by atoms with van der Waals surface area (Å²) >= 11 is 7.75. The molecular weight excluding hydrogens is 639 g/mol. The average molecular weight is 660 g/mol. The number of fused-ring (bicyclic) bond motifs is 2. The topological polar surface area (TPSA) is 97.7 Å². The molecule has 1 fully saturated rings. The van der Waals surface area contributed by atoms with E-state index in [-0.39, 0.29) is 12.2 Å². The predicted molar refractivity (Wildman–Crippen MR) is 161 cm³/mol. The van der Waals surface area contributed by atoms with Crippen LogP contribution in [0.15, 0.2) is 82.6 Å². The zero-order valence-electron chi connectivity index (χ0n) is 22.6. The van der Waals surface area contributed by atoms with Gasteiger partial charge in [-0.05, 0) is 60.2 Å². The highest BCUT2D eigenvalue weighted by Gasteiger charge is 2.57. The smallest absolute Gasteiger partial charge is 0.416 e. The third-order valence-corrected chi connectivity index (χ3v) is 10.2. The molecule has 3 atom stereocenters. The van der Waals surface area contributed by atoms with E-state index in [4.69, 9.17) is 16.3 Å². The second-order valence-corrected chi connectivity index (χ2v) is 12.6. The fourth-order valence-corrected chi connectivity index (χ4v) is 8.28. The first-order valence-electron chi connectivity index (χ1n) is 13.1. The van der Waals surface area contributed by atoms with E-state index in [0.29, 0.717) is 31.9 Å². The van der Waals surface area contributed by atoms with Gasteiger partial charge >= 0.3 is 11.0 Å². The Morgan fingerprint density at radius 1 is 1.00 bits per heavy atom. The lowest BCUT2D eigenvalue weighted by atomic mass is 9.83. The van der Waals surface area contributed by atoms with Crippen molar-refractivity contribution < 1.29 is 32.3 Å². The van der Waals surface area contributed by atoms with Crippen LogP contribution in [-0.2, 0) is 27.1 Å². The van der Waals surface area contributed by atoms with Gasteiger partial charge in [0.05, 0.1) is 29.3 Å². The van der Waals surface area contributed by atoms with Gasteiger partial charge in [-0.3, -0.25) is 23.7 Å². The van der Waals surface area contributed by atoms with Crippen LogP contribution in [0.25, 0.3) is 0 Å². The quantitative estimate of drug-likeness (QED) is 0.254. The Morgan fingerprint density at radius 3 is 2.36 bits per heavy atom. The molecule has 44 heavy (non-hydrogen) atoms. The second kappa shape index (κ2) is 11.5. The Morgan fingerprint density at radius 2 is 1.70 bits per heavy atom. The van der Waals surface area contributed by atoms with Crippen molar-refractivity contribution in [2.45, 2.75) is 28.9 Å². The number of benzene rings is 3. The van der Waals surface area contributed by atoms with Gasteiger partial charge in [-0.1, -0.05) is 52.9 Å². The van der Waals surface area contributed by atoms with E-state index in [2.05, 4.69) is 5.32 Å². The molecule has 2 aliphatic heterocycles. The molecule has 3 heterocycles. The van der Waals surface area contributed by atoms with Gasteiger partial charge in [0.1, 0.15) is 17.5 Å². The largest absolute Gasteiger partial charge is 0.497 e. The van der Waals surface area contributed by atoms with Gasteiger partial charge in [0.25, 0.3) is 0 Å². The fourth-order valence-electron chi connectivity index (χ4n) is 5.38. The van der Waals surface area contributed by atoms with Crippen molar-refractivity contribution in [2.75, 3.05) is 17.3 Å². The molecule has 3 amide bonds. The first-order chi connectivity index (χ1) is 21.0. The number of thioether (sulfide) groups is 1. The zero-order chi connectivity index (χ0) is 31.3. The molecule has 0 aliphatic carbocycles. The van der Waals surface area contributed by atoms with Crippen LogP contribution in [0, 0.1) is 5.92 Å². The predicted octanol–water partition coefficient (Wildman–Crippen LogP) is 6.03. The number of rotatable bonds is 6. The minimum atomic E-state index is -4.68. The summed E-state index contributed by atoms with van der Waals surface area (Å²) in [7, 11) is 1.49. The Hall–Kier alpha value is -4.07. The van der Waals surface area contributed by atoms with Crippen LogP contribution in [-0.4, -0.2) is 34.6 Å². The number of alkyl halides is 3. The van der Waals surface area contributed by atoms with Crippen molar-refractivity contribution in [2.24, 2.45) is 5.92 Å². The molecule has 4 aromatic rings. The van der Waals surface area contributed by atoms with Gasteiger partial charge in [0.15, 0.2) is 0 Å². The number of ether oxygens (including phenoxy) is 1. The molecule has 6 rings (SSSR count). The Bertz CT molecular complexity index is 1840. The van der Waals surface area contributed by atoms with Gasteiger partial charge in [-0.25, -0.2) is 4.90 Å². The average Bonchev–Trinajstić information content (AvgIpc) is 3.44. The molecule has 1 aromatic heterocycles. The number of imide groups is 1. The second-order valence-electron chi connectivity index (χ2n) is 10.1. The summed E-state index contributed by atoms with van der Waals surface area (Å²) in [6.07, 6.45) is -4.68. The Kier molecular flexibility index (Phi) is 7.80. The molecular formula is C30H21ClF3N3O5S2. The summed E-state index contributed by atoms with van der Waals surface area (Å²) < 4.78 is 47.0. The van der Waals surface area contributed by atoms with E-state index in [1.165, 1.54) is 17.7 Å². The van der Waals surface area contributed by atoms with E-state index in [0.717, 1.165) is 46.2 Å². The number of hydrogen-bond donors (Lipinski definition) is 1. The SMILES string of the molecule is COc1ccc([C@@H]2c3sc(=O)n(CC(=O)Nc4ccc(Cl)cc4)c3SC3C(=O)N(c4cccc(C(F)(F)F)c4)C(=O)C32)cc1. The van der Waals surface area contributed by atoms with Gasteiger partial charge < -0.3 is 10.1 Å². The van der Waals surface area contributed by atoms with Crippen molar-refractivity contribution in [3.05, 3.63) is 103 Å². The Labute approximate surface area is 261 Å². The summed E-state index contributed by atoms with van der Waals surface area (Å²) in [6.45, 7) is -0.369.